The van der Waals surface area contributed by atoms with Crippen molar-refractivity contribution in [3.63, 3.8) is 0 Å². The van der Waals surface area contributed by atoms with Crippen LogP contribution in [0.25, 0.3) is 0 Å². The average Bonchev–Trinajstić information content (AvgIpc) is 3.23. The van der Waals surface area contributed by atoms with Crippen LogP contribution in [0.4, 0.5) is 0 Å². The molecule has 0 saturated heterocycles. The molecule has 34 heavy (non-hydrogen) atoms. The maximum Gasteiger partial charge on any atom is 0.342 e. The predicted octanol–water partition coefficient (Wildman–Crippen LogP) is 3.85. The van der Waals surface area contributed by atoms with Gasteiger partial charge in [-0.05, 0) is 44.4 Å². The molecular weight excluding hydrogens is 438 g/mol. The fourth-order valence-corrected chi connectivity index (χ4v) is 3.89. The van der Waals surface area contributed by atoms with Crippen molar-refractivity contribution < 1.29 is 33.6 Å². The Kier molecular flexibility index (Phi) is 8.40. The second-order valence-electron chi connectivity index (χ2n) is 8.02. The van der Waals surface area contributed by atoms with Crippen molar-refractivity contribution in [2.75, 3.05) is 27.4 Å². The van der Waals surface area contributed by atoms with Gasteiger partial charge in [-0.25, -0.2) is 4.79 Å². The largest absolute Gasteiger partial charge is 0.507 e. The average molecular weight is 470 g/mol. The summed E-state index contributed by atoms with van der Waals surface area (Å²) in [6.07, 6.45) is 3.20. The Hall–Kier alpha value is -3.68. The van der Waals surface area contributed by atoms with E-state index in [1.807, 2.05) is 44.2 Å². The highest BCUT2D eigenvalue weighted by Crippen LogP contribution is 2.42. The number of esters is 1. The molecule has 1 heterocycles. The van der Waals surface area contributed by atoms with Gasteiger partial charge >= 0.3 is 5.97 Å². The number of rotatable bonds is 11. The smallest absolute Gasteiger partial charge is 0.342 e. The summed E-state index contributed by atoms with van der Waals surface area (Å²) in [4.78, 5) is 24.2. The normalized spacial score (nSPS) is 12.7. The van der Waals surface area contributed by atoms with E-state index in [-0.39, 0.29) is 23.8 Å². The van der Waals surface area contributed by atoms with E-state index in [2.05, 4.69) is 5.32 Å². The van der Waals surface area contributed by atoms with Crippen LogP contribution in [0.5, 0.6) is 23.0 Å². The maximum atomic E-state index is 12.2. The van der Waals surface area contributed by atoms with E-state index in [0.29, 0.717) is 60.8 Å². The molecule has 2 aromatic rings. The van der Waals surface area contributed by atoms with Crippen LogP contribution in [0, 0.1) is 6.92 Å². The predicted molar refractivity (Wildman–Crippen MR) is 127 cm³/mol. The third-order valence-corrected chi connectivity index (χ3v) is 5.80. The lowest BCUT2D eigenvalue weighted by Gasteiger charge is -2.15. The Morgan fingerprint density at radius 3 is 2.62 bits per heavy atom. The van der Waals surface area contributed by atoms with E-state index in [4.69, 9.17) is 18.9 Å². The van der Waals surface area contributed by atoms with Gasteiger partial charge < -0.3 is 29.4 Å². The van der Waals surface area contributed by atoms with Crippen molar-refractivity contribution in [3.8, 4) is 23.0 Å². The zero-order valence-electron chi connectivity index (χ0n) is 20.0. The number of methoxy groups -OCH3 is 2. The molecule has 0 spiro atoms. The summed E-state index contributed by atoms with van der Waals surface area (Å²) in [5.74, 6) is 1.13. The van der Waals surface area contributed by atoms with Gasteiger partial charge in [-0.3, -0.25) is 4.79 Å². The van der Waals surface area contributed by atoms with Gasteiger partial charge in [0, 0.05) is 17.5 Å². The zero-order valence-corrected chi connectivity index (χ0v) is 20.0. The second kappa shape index (κ2) is 11.4. The summed E-state index contributed by atoms with van der Waals surface area (Å²) in [6, 6.07) is 7.35. The number of nitrogens with one attached hydrogen (secondary N) is 1. The highest BCUT2D eigenvalue weighted by molar-refractivity contribution is 5.98. The van der Waals surface area contributed by atoms with Gasteiger partial charge in [0.05, 0.1) is 20.8 Å². The molecule has 0 aliphatic carbocycles. The number of hydrogen-bond acceptors (Lipinski definition) is 7. The van der Waals surface area contributed by atoms with Crippen molar-refractivity contribution in [3.05, 3.63) is 58.2 Å². The standard InChI is InChI=1S/C26H31NO7/c1-16(10-12-22(28)27-13-14-33-21-8-6-5-7-20(21)31-3)9-11-18-24(29)23-19(15-34-26(23)30)17(2)25(18)32-4/h5-9,29H,10-15H2,1-4H3,(H,27,28)/b16-9+. The molecule has 8 heteroatoms. The number of amides is 1. The minimum atomic E-state index is -0.522. The van der Waals surface area contributed by atoms with Gasteiger partial charge in [0.25, 0.3) is 0 Å². The first-order chi connectivity index (χ1) is 16.4. The van der Waals surface area contributed by atoms with Gasteiger partial charge in [-0.15, -0.1) is 0 Å². The fraction of sp³-hybridized carbons (Fsp3) is 0.385. The lowest BCUT2D eigenvalue weighted by atomic mass is 9.94. The molecule has 2 aromatic carbocycles. The molecule has 182 valence electrons. The highest BCUT2D eigenvalue weighted by atomic mass is 16.5. The Bertz CT molecular complexity index is 1090. The molecule has 1 aliphatic rings. The zero-order chi connectivity index (χ0) is 24.7. The molecule has 1 amide bonds. The molecule has 1 aliphatic heterocycles. The van der Waals surface area contributed by atoms with Gasteiger partial charge in [0.1, 0.15) is 30.3 Å². The number of para-hydroxylation sites is 2. The SMILES string of the molecule is COc1ccccc1OCCNC(=O)CC/C(C)=C/Cc1c(O)c2c(c(C)c1OC)COC2=O. The van der Waals surface area contributed by atoms with E-state index in [1.165, 1.54) is 7.11 Å². The Morgan fingerprint density at radius 1 is 1.18 bits per heavy atom. The highest BCUT2D eigenvalue weighted by Gasteiger charge is 2.31. The monoisotopic (exact) mass is 469 g/mol. The molecule has 3 rings (SSSR count). The van der Waals surface area contributed by atoms with Crippen LogP contribution in [-0.4, -0.2) is 44.4 Å². The van der Waals surface area contributed by atoms with Crippen molar-refractivity contribution in [1.29, 1.82) is 0 Å². The summed E-state index contributed by atoms with van der Waals surface area (Å²) >= 11 is 0. The molecule has 2 N–H and O–H groups in total. The van der Waals surface area contributed by atoms with E-state index in [9.17, 15) is 14.7 Å². The number of carbonyl (C=O) groups is 2. The summed E-state index contributed by atoms with van der Waals surface area (Å²) in [5, 5.41) is 13.5. The van der Waals surface area contributed by atoms with E-state index >= 15 is 0 Å². The molecule has 0 bridgehead atoms. The summed E-state index contributed by atoms with van der Waals surface area (Å²) in [6.45, 7) is 4.63. The minimum absolute atomic E-state index is 0.0760. The molecule has 0 fully saturated rings. The number of carbonyl (C=O) groups excluding carboxylic acids is 2. The van der Waals surface area contributed by atoms with Crippen molar-refractivity contribution in [2.24, 2.45) is 0 Å². The summed E-state index contributed by atoms with van der Waals surface area (Å²) < 4.78 is 21.5. The number of phenols is 1. The Morgan fingerprint density at radius 2 is 1.91 bits per heavy atom. The molecule has 0 atom stereocenters. The van der Waals surface area contributed by atoms with Crippen LogP contribution >= 0.6 is 0 Å². The quantitative estimate of drug-likeness (QED) is 0.293. The van der Waals surface area contributed by atoms with Crippen LogP contribution in [0.15, 0.2) is 35.9 Å². The number of phenolic OH excluding ortho intramolecular Hbond substituents is 1. The number of cyclic esters (lactones) is 1. The maximum absolute atomic E-state index is 12.2. The van der Waals surface area contributed by atoms with Crippen molar-refractivity contribution in [2.45, 2.75) is 39.7 Å². The molecule has 0 aromatic heterocycles. The number of hydrogen-bond donors (Lipinski definition) is 2. The van der Waals surface area contributed by atoms with E-state index < -0.39 is 5.97 Å². The lowest BCUT2D eigenvalue weighted by Crippen LogP contribution is -2.27. The number of benzene rings is 2. The first-order valence-corrected chi connectivity index (χ1v) is 11.1. The second-order valence-corrected chi connectivity index (χ2v) is 8.02. The number of aromatic hydroxyl groups is 1. The van der Waals surface area contributed by atoms with Crippen LogP contribution in [-0.2, 0) is 22.6 Å². The summed E-state index contributed by atoms with van der Waals surface area (Å²) in [5.41, 5.74) is 3.19. The summed E-state index contributed by atoms with van der Waals surface area (Å²) in [7, 11) is 3.12. The lowest BCUT2D eigenvalue weighted by molar-refractivity contribution is -0.121. The molecule has 0 unspecified atom stereocenters. The van der Waals surface area contributed by atoms with Crippen molar-refractivity contribution >= 4 is 11.9 Å². The van der Waals surface area contributed by atoms with Gasteiger partial charge in [0.2, 0.25) is 5.91 Å². The van der Waals surface area contributed by atoms with Crippen molar-refractivity contribution in [1.82, 2.24) is 5.32 Å². The van der Waals surface area contributed by atoms with E-state index in [1.54, 1.807) is 7.11 Å². The fourth-order valence-electron chi connectivity index (χ4n) is 3.89. The third kappa shape index (κ3) is 5.62. The number of allylic oxidation sites excluding steroid dienone is 2. The van der Waals surface area contributed by atoms with Crippen LogP contribution < -0.4 is 19.5 Å². The number of ether oxygens (including phenoxy) is 4. The minimum Gasteiger partial charge on any atom is -0.507 e. The Labute approximate surface area is 199 Å². The van der Waals surface area contributed by atoms with E-state index in [0.717, 1.165) is 11.1 Å². The molecular formula is C26H31NO7. The number of fused-ring (bicyclic) bond motifs is 1. The molecule has 0 radical (unpaired) electrons. The van der Waals surface area contributed by atoms with Gasteiger partial charge in [-0.2, -0.15) is 0 Å². The van der Waals surface area contributed by atoms with Crippen LogP contribution in [0.3, 0.4) is 0 Å². The van der Waals surface area contributed by atoms with Crippen LogP contribution in [0.2, 0.25) is 0 Å². The first-order valence-electron chi connectivity index (χ1n) is 11.1. The molecule has 8 nitrogen and oxygen atoms in total. The Balaban J connectivity index is 1.50. The first kappa shape index (κ1) is 25.0. The van der Waals surface area contributed by atoms with Crippen LogP contribution in [0.1, 0.15) is 46.8 Å². The third-order valence-electron chi connectivity index (χ3n) is 5.80. The topological polar surface area (TPSA) is 103 Å². The van der Waals surface area contributed by atoms with Gasteiger partial charge in [-0.1, -0.05) is 23.8 Å². The molecule has 0 saturated carbocycles. The van der Waals surface area contributed by atoms with Gasteiger partial charge in [0.15, 0.2) is 11.5 Å².